The highest BCUT2D eigenvalue weighted by atomic mass is 79.9. The van der Waals surface area contributed by atoms with E-state index >= 15 is 0 Å². The molecule has 36 heavy (non-hydrogen) atoms. The Bertz CT molecular complexity index is 1190. The molecule has 6 heteroatoms. The van der Waals surface area contributed by atoms with Gasteiger partial charge in [-0.05, 0) is 69.5 Å². The molecule has 0 unspecified atom stereocenters. The third-order valence-electron chi connectivity index (χ3n) is 5.70. The predicted molar refractivity (Wildman–Crippen MR) is 148 cm³/mol. The summed E-state index contributed by atoms with van der Waals surface area (Å²) in [5.74, 6) is 0.173. The van der Waals surface area contributed by atoms with E-state index in [2.05, 4.69) is 21.2 Å². The van der Waals surface area contributed by atoms with E-state index in [1.165, 1.54) is 0 Å². The Morgan fingerprint density at radius 2 is 1.64 bits per heavy atom. The second-order valence-corrected chi connectivity index (χ2v) is 11.0. The first-order valence-corrected chi connectivity index (χ1v) is 12.9. The summed E-state index contributed by atoms with van der Waals surface area (Å²) in [6.45, 7) is 9.94. The first kappa shape index (κ1) is 27.5. The van der Waals surface area contributed by atoms with Gasteiger partial charge in [-0.15, -0.1) is 0 Å². The van der Waals surface area contributed by atoms with Gasteiger partial charge in [-0.25, -0.2) is 0 Å². The number of nitrogens with zero attached hydrogens (tertiary/aromatic N) is 1. The second kappa shape index (κ2) is 12.2. The third kappa shape index (κ3) is 8.23. The average molecular weight is 552 g/mol. The minimum absolute atomic E-state index is 0.166. The molecule has 0 aromatic heterocycles. The first-order chi connectivity index (χ1) is 17.0. The van der Waals surface area contributed by atoms with E-state index < -0.39 is 11.6 Å². The lowest BCUT2D eigenvalue weighted by molar-refractivity contribution is -0.143. The van der Waals surface area contributed by atoms with Crippen molar-refractivity contribution in [1.82, 2.24) is 10.2 Å². The number of carbonyl (C=O) groups excluding carboxylic acids is 2. The number of hydrogen-bond donors (Lipinski definition) is 1. The van der Waals surface area contributed by atoms with Gasteiger partial charge in [0.2, 0.25) is 5.91 Å². The van der Waals surface area contributed by atoms with E-state index in [-0.39, 0.29) is 18.4 Å². The van der Waals surface area contributed by atoms with Crippen LogP contribution in [0.1, 0.15) is 43.0 Å². The van der Waals surface area contributed by atoms with Gasteiger partial charge in [-0.1, -0.05) is 76.1 Å². The van der Waals surface area contributed by atoms with Crippen LogP contribution in [0, 0.1) is 13.8 Å². The summed E-state index contributed by atoms with van der Waals surface area (Å²) in [4.78, 5) is 28.9. The maximum absolute atomic E-state index is 13.7. The van der Waals surface area contributed by atoms with Gasteiger partial charge in [0.25, 0.3) is 5.91 Å². The molecule has 0 radical (unpaired) electrons. The standard InChI is InChI=1S/C30H35BrN2O3/c1-21-10-9-13-24(16-21)19-33(28(34)20-36-25-14-15-26(31)22(2)17-25)27(29(35)32-30(3,4)5)18-23-11-7-6-8-12-23/h6-17,27H,18-20H2,1-5H3,(H,32,35)/t27-/m1/s1. The summed E-state index contributed by atoms with van der Waals surface area (Å²) >= 11 is 3.49. The fourth-order valence-corrected chi connectivity index (χ4v) is 4.20. The fourth-order valence-electron chi connectivity index (χ4n) is 3.95. The highest BCUT2D eigenvalue weighted by Crippen LogP contribution is 2.22. The third-order valence-corrected chi connectivity index (χ3v) is 6.59. The summed E-state index contributed by atoms with van der Waals surface area (Å²) in [6, 6.07) is 22.7. The normalized spacial score (nSPS) is 12.1. The molecule has 0 aliphatic rings. The predicted octanol–water partition coefficient (Wildman–Crippen LogP) is 6.00. The van der Waals surface area contributed by atoms with E-state index in [1.54, 1.807) is 4.90 Å². The molecular weight excluding hydrogens is 516 g/mol. The molecule has 0 spiro atoms. The molecule has 1 N–H and O–H groups in total. The average Bonchev–Trinajstić information content (AvgIpc) is 2.81. The van der Waals surface area contributed by atoms with E-state index in [0.717, 1.165) is 26.7 Å². The number of hydrogen-bond acceptors (Lipinski definition) is 3. The van der Waals surface area contributed by atoms with Crippen LogP contribution in [0.5, 0.6) is 5.75 Å². The molecule has 3 aromatic carbocycles. The number of ether oxygens (including phenoxy) is 1. The molecule has 5 nitrogen and oxygen atoms in total. The SMILES string of the molecule is Cc1cccc(CN(C(=O)COc2ccc(Br)c(C)c2)[C@H](Cc2ccccc2)C(=O)NC(C)(C)C)c1. The monoisotopic (exact) mass is 550 g/mol. The Labute approximate surface area is 223 Å². The summed E-state index contributed by atoms with van der Waals surface area (Å²) in [5.41, 5.74) is 3.63. The molecule has 0 bridgehead atoms. The number of halogens is 1. The Balaban J connectivity index is 1.93. The van der Waals surface area contributed by atoms with Crippen LogP contribution in [0.25, 0.3) is 0 Å². The highest BCUT2D eigenvalue weighted by molar-refractivity contribution is 9.10. The van der Waals surface area contributed by atoms with Gasteiger partial charge < -0.3 is 15.0 Å². The van der Waals surface area contributed by atoms with Crippen molar-refractivity contribution in [2.45, 2.75) is 59.2 Å². The number of rotatable bonds is 9. The van der Waals surface area contributed by atoms with Crippen LogP contribution in [0.15, 0.2) is 77.3 Å². The minimum atomic E-state index is -0.699. The van der Waals surface area contributed by atoms with Gasteiger partial charge in [0.1, 0.15) is 11.8 Å². The van der Waals surface area contributed by atoms with E-state index in [0.29, 0.717) is 18.7 Å². The van der Waals surface area contributed by atoms with Crippen LogP contribution in [-0.2, 0) is 22.6 Å². The van der Waals surface area contributed by atoms with Crippen LogP contribution in [0.3, 0.4) is 0 Å². The van der Waals surface area contributed by atoms with Gasteiger partial charge in [-0.2, -0.15) is 0 Å². The van der Waals surface area contributed by atoms with Crippen molar-refractivity contribution in [1.29, 1.82) is 0 Å². The summed E-state index contributed by atoms with van der Waals surface area (Å²) in [6.07, 6.45) is 0.400. The van der Waals surface area contributed by atoms with E-state index in [4.69, 9.17) is 4.74 Å². The van der Waals surface area contributed by atoms with Crippen molar-refractivity contribution >= 4 is 27.7 Å². The maximum Gasteiger partial charge on any atom is 0.261 e. The fraction of sp³-hybridized carbons (Fsp3) is 0.333. The quantitative estimate of drug-likeness (QED) is 0.355. The molecular formula is C30H35BrN2O3. The smallest absolute Gasteiger partial charge is 0.261 e. The molecule has 190 valence electrons. The summed E-state index contributed by atoms with van der Waals surface area (Å²) in [7, 11) is 0. The topological polar surface area (TPSA) is 58.6 Å². The molecule has 3 rings (SSSR count). The second-order valence-electron chi connectivity index (χ2n) is 10.2. The molecule has 0 saturated carbocycles. The molecule has 3 aromatic rings. The number of amides is 2. The van der Waals surface area contributed by atoms with Gasteiger partial charge in [0, 0.05) is 23.0 Å². The summed E-state index contributed by atoms with van der Waals surface area (Å²) < 4.78 is 6.86. The largest absolute Gasteiger partial charge is 0.484 e. The van der Waals surface area contributed by atoms with E-state index in [9.17, 15) is 9.59 Å². The Kier molecular flexibility index (Phi) is 9.32. The highest BCUT2D eigenvalue weighted by Gasteiger charge is 2.32. The molecule has 0 aliphatic heterocycles. The minimum Gasteiger partial charge on any atom is -0.484 e. The van der Waals surface area contributed by atoms with Crippen molar-refractivity contribution in [2.75, 3.05) is 6.61 Å². The van der Waals surface area contributed by atoms with Crippen molar-refractivity contribution in [3.05, 3.63) is 99.5 Å². The molecule has 1 atom stereocenters. The molecule has 0 fully saturated rings. The van der Waals surface area contributed by atoms with Crippen LogP contribution < -0.4 is 10.1 Å². The van der Waals surface area contributed by atoms with Crippen molar-refractivity contribution in [2.24, 2.45) is 0 Å². The van der Waals surface area contributed by atoms with Gasteiger partial charge in [0.05, 0.1) is 0 Å². The van der Waals surface area contributed by atoms with Gasteiger partial charge in [0.15, 0.2) is 6.61 Å². The maximum atomic E-state index is 13.7. The first-order valence-electron chi connectivity index (χ1n) is 12.1. The van der Waals surface area contributed by atoms with E-state index in [1.807, 2.05) is 107 Å². The van der Waals surface area contributed by atoms with Crippen LogP contribution in [0.2, 0.25) is 0 Å². The summed E-state index contributed by atoms with van der Waals surface area (Å²) in [5, 5.41) is 3.08. The van der Waals surface area contributed by atoms with Crippen molar-refractivity contribution < 1.29 is 14.3 Å². The molecule has 2 amide bonds. The lowest BCUT2D eigenvalue weighted by Crippen LogP contribution is -2.55. The number of nitrogens with one attached hydrogen (secondary N) is 1. The number of carbonyl (C=O) groups is 2. The van der Waals surface area contributed by atoms with Crippen LogP contribution in [-0.4, -0.2) is 34.9 Å². The Morgan fingerprint density at radius 3 is 2.28 bits per heavy atom. The molecule has 0 heterocycles. The zero-order chi connectivity index (χ0) is 26.3. The van der Waals surface area contributed by atoms with Crippen LogP contribution >= 0.6 is 15.9 Å². The zero-order valence-electron chi connectivity index (χ0n) is 21.7. The van der Waals surface area contributed by atoms with Gasteiger partial charge >= 0.3 is 0 Å². The van der Waals surface area contributed by atoms with Crippen LogP contribution in [0.4, 0.5) is 0 Å². The Morgan fingerprint density at radius 1 is 0.944 bits per heavy atom. The van der Waals surface area contributed by atoms with Crippen molar-refractivity contribution in [3.8, 4) is 5.75 Å². The van der Waals surface area contributed by atoms with Gasteiger partial charge in [-0.3, -0.25) is 9.59 Å². The number of benzene rings is 3. The lowest BCUT2D eigenvalue weighted by Gasteiger charge is -2.33. The molecule has 0 aliphatic carbocycles. The van der Waals surface area contributed by atoms with Crippen molar-refractivity contribution in [3.63, 3.8) is 0 Å². The molecule has 0 saturated heterocycles. The number of aryl methyl sites for hydroxylation is 2. The Hall–Kier alpha value is -3.12. The zero-order valence-corrected chi connectivity index (χ0v) is 23.3. The lowest BCUT2D eigenvalue weighted by atomic mass is 10.0.